The Bertz CT molecular complexity index is 306. The van der Waals surface area contributed by atoms with Crippen molar-refractivity contribution in [2.45, 2.75) is 19.1 Å². The molecule has 1 rings (SSSR count). The first kappa shape index (κ1) is 11.0. The van der Waals surface area contributed by atoms with Crippen LogP contribution in [0.2, 0.25) is 0 Å². The summed E-state index contributed by atoms with van der Waals surface area (Å²) in [6.07, 6.45) is -4.25. The fourth-order valence-electron chi connectivity index (χ4n) is 1.41. The van der Waals surface area contributed by atoms with E-state index in [0.717, 1.165) is 0 Å². The molecule has 1 aromatic rings. The van der Waals surface area contributed by atoms with E-state index in [1.807, 2.05) is 0 Å². The third kappa shape index (κ3) is 2.26. The topological polar surface area (TPSA) is 12.0 Å². The molecule has 0 fully saturated rings. The van der Waals surface area contributed by atoms with Gasteiger partial charge in [-0.2, -0.15) is 13.2 Å². The van der Waals surface area contributed by atoms with Crippen molar-refractivity contribution in [3.05, 3.63) is 35.4 Å². The molecule has 0 spiro atoms. The van der Waals surface area contributed by atoms with Crippen LogP contribution >= 0.6 is 0 Å². The maximum absolute atomic E-state index is 12.5. The Labute approximate surface area is 80.9 Å². The minimum atomic E-state index is -4.25. The molecule has 1 unspecified atom stereocenters. The minimum absolute atomic E-state index is 0.280. The second-order valence-corrected chi connectivity index (χ2v) is 3.12. The maximum Gasteiger partial charge on any atom is 0.407 e. The molecule has 0 aliphatic carbocycles. The van der Waals surface area contributed by atoms with Crippen LogP contribution < -0.4 is 5.32 Å². The number of nitrogens with one attached hydrogen (secondary N) is 1. The molecule has 0 saturated carbocycles. The first-order valence-electron chi connectivity index (χ1n) is 4.26. The molecule has 1 N–H and O–H groups in total. The van der Waals surface area contributed by atoms with E-state index in [0.29, 0.717) is 5.56 Å². The Balaban J connectivity index is 3.08. The van der Waals surface area contributed by atoms with Crippen LogP contribution in [-0.4, -0.2) is 13.2 Å². The van der Waals surface area contributed by atoms with E-state index in [9.17, 15) is 13.2 Å². The van der Waals surface area contributed by atoms with Crippen LogP contribution in [0.4, 0.5) is 13.2 Å². The van der Waals surface area contributed by atoms with E-state index in [2.05, 4.69) is 5.32 Å². The van der Waals surface area contributed by atoms with Gasteiger partial charge in [0.1, 0.15) is 6.04 Å². The van der Waals surface area contributed by atoms with E-state index in [1.54, 1.807) is 25.1 Å². The van der Waals surface area contributed by atoms with E-state index in [4.69, 9.17) is 0 Å². The molecule has 0 aromatic heterocycles. The summed E-state index contributed by atoms with van der Waals surface area (Å²) in [6, 6.07) is 4.92. The first-order valence-corrected chi connectivity index (χ1v) is 4.26. The maximum atomic E-state index is 12.5. The van der Waals surface area contributed by atoms with Gasteiger partial charge in [0.05, 0.1) is 0 Å². The highest BCUT2D eigenvalue weighted by atomic mass is 19.4. The number of rotatable bonds is 2. The van der Waals surface area contributed by atoms with Crippen molar-refractivity contribution in [2.24, 2.45) is 0 Å². The van der Waals surface area contributed by atoms with Crippen LogP contribution in [-0.2, 0) is 0 Å². The van der Waals surface area contributed by atoms with Crippen LogP contribution in [0.25, 0.3) is 0 Å². The summed E-state index contributed by atoms with van der Waals surface area (Å²) >= 11 is 0. The molecule has 0 radical (unpaired) electrons. The number of hydrogen-bond donors (Lipinski definition) is 1. The predicted molar refractivity (Wildman–Crippen MR) is 49.0 cm³/mol. The lowest BCUT2D eigenvalue weighted by atomic mass is 10.0. The van der Waals surface area contributed by atoms with Gasteiger partial charge >= 0.3 is 6.18 Å². The average Bonchev–Trinajstić information content (AvgIpc) is 2.07. The molecule has 78 valence electrons. The van der Waals surface area contributed by atoms with Gasteiger partial charge in [-0.1, -0.05) is 24.3 Å². The molecule has 0 aliphatic heterocycles. The van der Waals surface area contributed by atoms with E-state index in [1.165, 1.54) is 13.1 Å². The molecular weight excluding hydrogens is 191 g/mol. The number of aryl methyl sites for hydroxylation is 1. The zero-order valence-corrected chi connectivity index (χ0v) is 8.02. The van der Waals surface area contributed by atoms with E-state index < -0.39 is 12.2 Å². The van der Waals surface area contributed by atoms with Crippen molar-refractivity contribution < 1.29 is 13.2 Å². The molecule has 1 aromatic carbocycles. The Kier molecular flexibility index (Phi) is 3.16. The summed E-state index contributed by atoms with van der Waals surface area (Å²) < 4.78 is 37.6. The second-order valence-electron chi connectivity index (χ2n) is 3.12. The van der Waals surface area contributed by atoms with Gasteiger partial charge in [0.25, 0.3) is 0 Å². The normalized spacial score (nSPS) is 14.1. The van der Waals surface area contributed by atoms with Gasteiger partial charge in [0.15, 0.2) is 0 Å². The van der Waals surface area contributed by atoms with E-state index >= 15 is 0 Å². The van der Waals surface area contributed by atoms with Crippen LogP contribution in [0.15, 0.2) is 24.3 Å². The van der Waals surface area contributed by atoms with Gasteiger partial charge in [-0.05, 0) is 25.1 Å². The number of hydrogen-bond acceptors (Lipinski definition) is 1. The summed E-state index contributed by atoms with van der Waals surface area (Å²) in [5, 5.41) is 2.27. The van der Waals surface area contributed by atoms with Crippen LogP contribution in [0, 0.1) is 6.92 Å². The summed E-state index contributed by atoms with van der Waals surface area (Å²) in [7, 11) is 1.31. The lowest BCUT2D eigenvalue weighted by molar-refractivity contribution is -0.156. The fourth-order valence-corrected chi connectivity index (χ4v) is 1.41. The van der Waals surface area contributed by atoms with Gasteiger partial charge in [0, 0.05) is 0 Å². The summed E-state index contributed by atoms with van der Waals surface area (Å²) in [5.41, 5.74) is 0.923. The average molecular weight is 203 g/mol. The summed E-state index contributed by atoms with van der Waals surface area (Å²) in [6.45, 7) is 1.67. The number of alkyl halides is 3. The molecule has 1 nitrogen and oxygen atoms in total. The standard InChI is InChI=1S/C10H12F3N/c1-7-5-3-4-6-8(7)9(14-2)10(11,12)13/h3-6,9,14H,1-2H3. The summed E-state index contributed by atoms with van der Waals surface area (Å²) in [4.78, 5) is 0. The number of halogens is 3. The largest absolute Gasteiger partial charge is 0.407 e. The molecule has 0 aliphatic rings. The lowest BCUT2D eigenvalue weighted by Gasteiger charge is -2.21. The van der Waals surface area contributed by atoms with Crippen LogP contribution in [0.3, 0.4) is 0 Å². The third-order valence-corrected chi connectivity index (χ3v) is 2.12. The molecule has 0 heterocycles. The zero-order valence-electron chi connectivity index (χ0n) is 8.02. The van der Waals surface area contributed by atoms with Crippen molar-refractivity contribution in [2.75, 3.05) is 7.05 Å². The van der Waals surface area contributed by atoms with Gasteiger partial charge in [0.2, 0.25) is 0 Å². The van der Waals surface area contributed by atoms with Crippen molar-refractivity contribution >= 4 is 0 Å². The minimum Gasteiger partial charge on any atom is -0.306 e. The Morgan fingerprint density at radius 1 is 1.21 bits per heavy atom. The monoisotopic (exact) mass is 203 g/mol. The molecule has 0 saturated heterocycles. The van der Waals surface area contributed by atoms with Crippen molar-refractivity contribution in [3.8, 4) is 0 Å². The van der Waals surface area contributed by atoms with Crippen molar-refractivity contribution in [1.82, 2.24) is 5.32 Å². The molecule has 14 heavy (non-hydrogen) atoms. The lowest BCUT2D eigenvalue weighted by Crippen LogP contribution is -2.32. The van der Waals surface area contributed by atoms with Gasteiger partial charge < -0.3 is 5.32 Å². The molecule has 0 bridgehead atoms. The zero-order chi connectivity index (χ0) is 10.8. The van der Waals surface area contributed by atoms with E-state index in [-0.39, 0.29) is 5.56 Å². The summed E-state index contributed by atoms with van der Waals surface area (Å²) in [5.74, 6) is 0. The molecular formula is C10H12F3N. The molecule has 4 heteroatoms. The SMILES string of the molecule is CNC(c1ccccc1C)C(F)(F)F. The third-order valence-electron chi connectivity index (χ3n) is 2.12. The van der Waals surface area contributed by atoms with Gasteiger partial charge in [-0.3, -0.25) is 0 Å². The Morgan fingerprint density at radius 2 is 1.79 bits per heavy atom. The fraction of sp³-hybridized carbons (Fsp3) is 0.400. The van der Waals surface area contributed by atoms with Gasteiger partial charge in [-0.25, -0.2) is 0 Å². The van der Waals surface area contributed by atoms with Gasteiger partial charge in [-0.15, -0.1) is 0 Å². The van der Waals surface area contributed by atoms with Crippen molar-refractivity contribution in [1.29, 1.82) is 0 Å². The molecule has 1 atom stereocenters. The highest BCUT2D eigenvalue weighted by molar-refractivity contribution is 5.29. The van der Waals surface area contributed by atoms with Crippen molar-refractivity contribution in [3.63, 3.8) is 0 Å². The second kappa shape index (κ2) is 4.00. The quantitative estimate of drug-likeness (QED) is 0.779. The highest BCUT2D eigenvalue weighted by Gasteiger charge is 2.40. The predicted octanol–water partition coefficient (Wildman–Crippen LogP) is 2.82. The smallest absolute Gasteiger partial charge is 0.306 e. The Hall–Kier alpha value is -1.03. The first-order chi connectivity index (χ1) is 6.46. The highest BCUT2D eigenvalue weighted by Crippen LogP contribution is 2.33. The molecule has 0 amide bonds. The van der Waals surface area contributed by atoms with Crippen LogP contribution in [0.5, 0.6) is 0 Å². The van der Waals surface area contributed by atoms with Crippen LogP contribution in [0.1, 0.15) is 17.2 Å². The number of benzene rings is 1. The Morgan fingerprint density at radius 3 is 2.21 bits per heavy atom.